The molecule has 0 aliphatic heterocycles. The molecule has 5 heteroatoms. The van der Waals surface area contributed by atoms with Crippen molar-refractivity contribution in [2.45, 2.75) is 26.4 Å². The van der Waals surface area contributed by atoms with Crippen molar-refractivity contribution in [2.24, 2.45) is 0 Å². The summed E-state index contributed by atoms with van der Waals surface area (Å²) in [7, 11) is 0. The fourth-order valence-electron chi connectivity index (χ4n) is 1.91. The number of rotatable bonds is 5. The Morgan fingerprint density at radius 2 is 1.67 bits per heavy atom. The van der Waals surface area contributed by atoms with Crippen LogP contribution in [0.1, 0.15) is 41.8 Å². The van der Waals surface area contributed by atoms with Crippen LogP contribution in [0.5, 0.6) is 11.5 Å². The number of nitrogens with zero attached hydrogens (tertiary/aromatic N) is 2. The topological polar surface area (TPSA) is 83.1 Å². The van der Waals surface area contributed by atoms with Crippen molar-refractivity contribution in [1.82, 2.24) is 0 Å². The van der Waals surface area contributed by atoms with E-state index in [-0.39, 0.29) is 17.6 Å². The second-order valence-corrected chi connectivity index (χ2v) is 5.18. The van der Waals surface area contributed by atoms with E-state index in [2.05, 4.69) is 0 Å². The lowest BCUT2D eigenvalue weighted by Crippen LogP contribution is -2.13. The average Bonchev–Trinajstić information content (AvgIpc) is 2.61. The van der Waals surface area contributed by atoms with Gasteiger partial charge in [0.1, 0.15) is 23.6 Å². The Kier molecular flexibility index (Phi) is 5.54. The second-order valence-electron chi connectivity index (χ2n) is 5.18. The van der Waals surface area contributed by atoms with Gasteiger partial charge < -0.3 is 9.47 Å². The van der Waals surface area contributed by atoms with E-state index >= 15 is 0 Å². The maximum absolute atomic E-state index is 11.9. The molecule has 0 aromatic heterocycles. The van der Waals surface area contributed by atoms with E-state index in [9.17, 15) is 4.79 Å². The Morgan fingerprint density at radius 3 is 2.25 bits per heavy atom. The van der Waals surface area contributed by atoms with Gasteiger partial charge in [0.2, 0.25) is 0 Å². The summed E-state index contributed by atoms with van der Waals surface area (Å²) in [6.45, 7) is 3.79. The molecule has 120 valence electrons. The maximum Gasteiger partial charge on any atom is 0.338 e. The van der Waals surface area contributed by atoms with Gasteiger partial charge >= 0.3 is 5.97 Å². The predicted molar refractivity (Wildman–Crippen MR) is 87.6 cm³/mol. The van der Waals surface area contributed by atoms with Crippen molar-refractivity contribution in [3.05, 3.63) is 59.2 Å². The Balaban J connectivity index is 2.11. The van der Waals surface area contributed by atoms with Gasteiger partial charge in [-0.25, -0.2) is 4.79 Å². The Morgan fingerprint density at radius 1 is 1.04 bits per heavy atom. The van der Waals surface area contributed by atoms with E-state index in [0.717, 1.165) is 6.42 Å². The fraction of sp³-hybridized carbons (Fsp3) is 0.211. The lowest BCUT2D eigenvalue weighted by Gasteiger charge is -2.11. The molecular weight excluding hydrogens is 304 g/mol. The third-order valence-electron chi connectivity index (χ3n) is 3.44. The monoisotopic (exact) mass is 320 g/mol. The number of carbonyl (C=O) groups excluding carboxylic acids is 1. The molecule has 0 radical (unpaired) electrons. The zero-order valence-electron chi connectivity index (χ0n) is 13.4. The molecule has 24 heavy (non-hydrogen) atoms. The molecule has 0 saturated carbocycles. The minimum absolute atomic E-state index is 0.128. The summed E-state index contributed by atoms with van der Waals surface area (Å²) in [6.07, 6.45) is 0.629. The molecule has 0 bridgehead atoms. The quantitative estimate of drug-likeness (QED) is 0.772. The SMILES string of the molecule is CCC(C)OC(=O)c1ccc(Oc2ccc(C#N)c(C#N)c2)cc1. The highest BCUT2D eigenvalue weighted by Gasteiger charge is 2.11. The molecule has 2 aromatic carbocycles. The zero-order chi connectivity index (χ0) is 17.5. The minimum atomic E-state index is -0.374. The highest BCUT2D eigenvalue weighted by Crippen LogP contribution is 2.24. The number of nitriles is 2. The first-order valence-electron chi connectivity index (χ1n) is 7.50. The van der Waals surface area contributed by atoms with E-state index in [1.165, 1.54) is 12.1 Å². The van der Waals surface area contributed by atoms with Crippen LogP contribution in [0.3, 0.4) is 0 Å². The molecule has 0 aliphatic rings. The van der Waals surface area contributed by atoms with Gasteiger partial charge in [-0.1, -0.05) is 6.92 Å². The standard InChI is InChI=1S/C19H16N2O3/c1-3-13(2)23-19(22)14-4-7-17(8-5-14)24-18-9-6-15(11-20)16(10-18)12-21/h4-10,13H,3H2,1-2H3. The van der Waals surface area contributed by atoms with Crippen LogP contribution in [0.4, 0.5) is 0 Å². The summed E-state index contributed by atoms with van der Waals surface area (Å²) in [5.41, 5.74) is 0.997. The van der Waals surface area contributed by atoms with Gasteiger partial charge in [-0.15, -0.1) is 0 Å². The molecule has 0 aliphatic carbocycles. The largest absolute Gasteiger partial charge is 0.459 e. The van der Waals surface area contributed by atoms with Crippen molar-refractivity contribution in [2.75, 3.05) is 0 Å². The van der Waals surface area contributed by atoms with Crippen LogP contribution in [0.15, 0.2) is 42.5 Å². The summed E-state index contributed by atoms with van der Waals surface area (Å²) in [5, 5.41) is 17.9. The molecular formula is C19H16N2O3. The number of esters is 1. The van der Waals surface area contributed by atoms with Crippen molar-refractivity contribution < 1.29 is 14.3 Å². The molecule has 2 aromatic rings. The van der Waals surface area contributed by atoms with Crippen LogP contribution in [0.25, 0.3) is 0 Å². The maximum atomic E-state index is 11.9. The highest BCUT2D eigenvalue weighted by molar-refractivity contribution is 5.89. The van der Waals surface area contributed by atoms with Gasteiger partial charge in [-0.05, 0) is 55.8 Å². The van der Waals surface area contributed by atoms with E-state index in [4.69, 9.17) is 20.0 Å². The van der Waals surface area contributed by atoms with Crippen molar-refractivity contribution >= 4 is 5.97 Å². The normalized spacial score (nSPS) is 11.0. The Hall–Kier alpha value is -3.31. The van der Waals surface area contributed by atoms with Crippen LogP contribution in [0.2, 0.25) is 0 Å². The van der Waals surface area contributed by atoms with Gasteiger partial charge in [-0.2, -0.15) is 10.5 Å². The summed E-state index contributed by atoms with van der Waals surface area (Å²) in [4.78, 5) is 11.9. The smallest absolute Gasteiger partial charge is 0.338 e. The lowest BCUT2D eigenvalue weighted by atomic mass is 10.1. The van der Waals surface area contributed by atoms with Crippen molar-refractivity contribution in [3.8, 4) is 23.6 Å². The fourth-order valence-corrected chi connectivity index (χ4v) is 1.91. The summed E-state index contributed by atoms with van der Waals surface area (Å²) < 4.78 is 10.9. The molecule has 0 spiro atoms. The molecule has 5 nitrogen and oxygen atoms in total. The molecule has 0 fully saturated rings. The number of hydrogen-bond donors (Lipinski definition) is 0. The van der Waals surface area contributed by atoms with Crippen LogP contribution in [-0.2, 0) is 4.74 Å². The summed E-state index contributed by atoms with van der Waals surface area (Å²) >= 11 is 0. The van der Waals surface area contributed by atoms with Gasteiger partial charge in [0.05, 0.1) is 22.8 Å². The van der Waals surface area contributed by atoms with E-state index in [1.54, 1.807) is 30.3 Å². The van der Waals surface area contributed by atoms with Crippen LogP contribution in [0, 0.1) is 22.7 Å². The number of ether oxygens (including phenoxy) is 2. The molecule has 0 amide bonds. The van der Waals surface area contributed by atoms with Crippen molar-refractivity contribution in [3.63, 3.8) is 0 Å². The van der Waals surface area contributed by atoms with E-state index in [1.807, 2.05) is 26.0 Å². The Bertz CT molecular complexity index is 814. The van der Waals surface area contributed by atoms with Gasteiger partial charge in [0.15, 0.2) is 0 Å². The van der Waals surface area contributed by atoms with Gasteiger partial charge in [-0.3, -0.25) is 0 Å². The Labute approximate surface area is 140 Å². The van der Waals surface area contributed by atoms with Gasteiger partial charge in [0, 0.05) is 0 Å². The van der Waals surface area contributed by atoms with Crippen LogP contribution >= 0.6 is 0 Å². The molecule has 0 saturated heterocycles. The first-order valence-corrected chi connectivity index (χ1v) is 7.50. The highest BCUT2D eigenvalue weighted by atomic mass is 16.5. The molecule has 1 unspecified atom stereocenters. The van der Waals surface area contributed by atoms with E-state index < -0.39 is 0 Å². The first kappa shape index (κ1) is 17.1. The minimum Gasteiger partial charge on any atom is -0.459 e. The second kappa shape index (κ2) is 7.80. The number of benzene rings is 2. The zero-order valence-corrected chi connectivity index (χ0v) is 13.4. The molecule has 0 N–H and O–H groups in total. The van der Waals surface area contributed by atoms with E-state index in [0.29, 0.717) is 22.6 Å². The summed E-state index contributed by atoms with van der Waals surface area (Å²) in [6, 6.07) is 15.1. The summed E-state index contributed by atoms with van der Waals surface area (Å²) in [5.74, 6) is 0.588. The third kappa shape index (κ3) is 4.12. The molecule has 0 heterocycles. The molecule has 1 atom stereocenters. The molecule has 2 rings (SSSR count). The predicted octanol–water partition coefficient (Wildman–Crippen LogP) is 4.18. The number of hydrogen-bond acceptors (Lipinski definition) is 5. The van der Waals surface area contributed by atoms with Gasteiger partial charge in [0.25, 0.3) is 0 Å². The van der Waals surface area contributed by atoms with Crippen LogP contribution < -0.4 is 4.74 Å². The lowest BCUT2D eigenvalue weighted by molar-refractivity contribution is 0.0334. The first-order chi connectivity index (χ1) is 11.6. The number of carbonyl (C=O) groups is 1. The van der Waals surface area contributed by atoms with Crippen LogP contribution in [-0.4, -0.2) is 12.1 Å². The third-order valence-corrected chi connectivity index (χ3v) is 3.44. The van der Waals surface area contributed by atoms with Crippen molar-refractivity contribution in [1.29, 1.82) is 10.5 Å². The average molecular weight is 320 g/mol.